The molecule has 0 aromatic carbocycles. The van der Waals surface area contributed by atoms with E-state index in [2.05, 4.69) is 51.8 Å². The normalized spacial score (nSPS) is 13.0. The molecule has 0 atom stereocenters. The maximum atomic E-state index is 3.51. The monoisotopic (exact) mass is 240 g/mol. The highest BCUT2D eigenvalue weighted by molar-refractivity contribution is 9.11. The molecule has 0 saturated heterocycles. The van der Waals surface area contributed by atoms with Gasteiger partial charge in [-0.1, -0.05) is 37.9 Å². The molecule has 0 rings (SSSR count). The second-order valence-electron chi connectivity index (χ2n) is 2.28. The van der Waals surface area contributed by atoms with Crippen molar-refractivity contribution in [3.05, 3.63) is 11.1 Å². The highest BCUT2D eigenvalue weighted by Gasteiger charge is 2.08. The second-order valence-corrected chi connectivity index (χ2v) is 4.96. The highest BCUT2D eigenvalue weighted by atomic mass is 79.9. The van der Waals surface area contributed by atoms with Crippen molar-refractivity contribution >= 4 is 31.9 Å². The Balaban J connectivity index is 3.39. The van der Waals surface area contributed by atoms with E-state index in [0.717, 1.165) is 6.42 Å². The summed E-state index contributed by atoms with van der Waals surface area (Å²) < 4.78 is 0.247. The van der Waals surface area contributed by atoms with Crippen molar-refractivity contribution in [2.75, 3.05) is 0 Å². The molecule has 0 unspecified atom stereocenters. The predicted molar refractivity (Wildman–Crippen MR) is 45.7 cm³/mol. The van der Waals surface area contributed by atoms with Gasteiger partial charge in [-0.25, -0.2) is 0 Å². The van der Waals surface area contributed by atoms with Crippen LogP contribution in [0.25, 0.3) is 0 Å². The summed E-state index contributed by atoms with van der Waals surface area (Å²) in [6.45, 7) is 4.28. The zero-order chi connectivity index (χ0) is 6.62. The zero-order valence-corrected chi connectivity index (χ0v) is 8.29. The summed E-state index contributed by atoms with van der Waals surface area (Å²) in [6.07, 6.45) is 3.13. The number of allylic oxidation sites excluding steroid dienone is 1. The molecule has 0 amide bonds. The second kappa shape index (κ2) is 3.67. The fourth-order valence-corrected chi connectivity index (χ4v) is 0.699. The van der Waals surface area contributed by atoms with Crippen LogP contribution < -0.4 is 0 Å². The minimum atomic E-state index is 0.247. The number of rotatable bonds is 2. The van der Waals surface area contributed by atoms with Crippen molar-refractivity contribution in [2.24, 2.45) is 0 Å². The van der Waals surface area contributed by atoms with Gasteiger partial charge in [0.2, 0.25) is 0 Å². The van der Waals surface area contributed by atoms with E-state index >= 15 is 0 Å². The van der Waals surface area contributed by atoms with E-state index in [0.29, 0.717) is 0 Å². The third kappa shape index (κ3) is 6.70. The Labute approximate surface area is 67.6 Å². The van der Waals surface area contributed by atoms with Crippen LogP contribution in [-0.2, 0) is 0 Å². The number of alkyl halides is 1. The molecule has 0 N–H and O–H groups in total. The molecule has 0 bridgehead atoms. The Bertz CT molecular complexity index is 79.0. The number of hydrogen-bond acceptors (Lipinski definition) is 0. The van der Waals surface area contributed by atoms with E-state index in [1.54, 1.807) is 0 Å². The lowest BCUT2D eigenvalue weighted by Gasteiger charge is -2.11. The van der Waals surface area contributed by atoms with Crippen molar-refractivity contribution in [1.82, 2.24) is 0 Å². The molecule has 2 heteroatoms. The Morgan fingerprint density at radius 2 is 2.00 bits per heavy atom. The van der Waals surface area contributed by atoms with Crippen molar-refractivity contribution in [2.45, 2.75) is 24.6 Å². The van der Waals surface area contributed by atoms with Crippen LogP contribution >= 0.6 is 31.9 Å². The van der Waals surface area contributed by atoms with Crippen LogP contribution in [0.5, 0.6) is 0 Å². The van der Waals surface area contributed by atoms with Gasteiger partial charge in [0.1, 0.15) is 0 Å². The topological polar surface area (TPSA) is 0 Å². The summed E-state index contributed by atoms with van der Waals surface area (Å²) in [7, 11) is 0. The number of hydrogen-bond donors (Lipinski definition) is 0. The van der Waals surface area contributed by atoms with Gasteiger partial charge in [-0.05, 0) is 25.3 Å². The highest BCUT2D eigenvalue weighted by Crippen LogP contribution is 2.20. The van der Waals surface area contributed by atoms with Gasteiger partial charge in [0.25, 0.3) is 0 Å². The van der Waals surface area contributed by atoms with Crippen molar-refractivity contribution in [3.8, 4) is 0 Å². The maximum Gasteiger partial charge on any atom is 0.0236 e. The molecule has 0 aromatic heterocycles. The van der Waals surface area contributed by atoms with Crippen molar-refractivity contribution in [1.29, 1.82) is 0 Å². The van der Waals surface area contributed by atoms with Gasteiger partial charge in [-0.15, -0.1) is 0 Å². The third-order valence-electron chi connectivity index (χ3n) is 0.692. The molecule has 0 aliphatic rings. The van der Waals surface area contributed by atoms with Gasteiger partial charge >= 0.3 is 0 Å². The lowest BCUT2D eigenvalue weighted by molar-refractivity contribution is 0.745. The SMILES string of the molecule is CC(C)(Br)CC=CBr. The quantitative estimate of drug-likeness (QED) is 0.650. The van der Waals surface area contributed by atoms with E-state index in [4.69, 9.17) is 0 Å². The van der Waals surface area contributed by atoms with Gasteiger partial charge in [0.15, 0.2) is 0 Å². The van der Waals surface area contributed by atoms with Crippen LogP contribution in [0.3, 0.4) is 0 Å². The van der Waals surface area contributed by atoms with Crippen LogP contribution in [0.15, 0.2) is 11.1 Å². The minimum Gasteiger partial charge on any atom is -0.0856 e. The van der Waals surface area contributed by atoms with Gasteiger partial charge in [0, 0.05) is 4.32 Å². The third-order valence-corrected chi connectivity index (χ3v) is 1.39. The first-order valence-electron chi connectivity index (χ1n) is 2.50. The smallest absolute Gasteiger partial charge is 0.0236 e. The molecule has 0 radical (unpaired) electrons. The maximum absolute atomic E-state index is 3.51. The van der Waals surface area contributed by atoms with E-state index in [1.165, 1.54) is 0 Å². The molecule has 0 saturated carbocycles. The molecule has 0 heterocycles. The summed E-state index contributed by atoms with van der Waals surface area (Å²) >= 11 is 6.71. The van der Waals surface area contributed by atoms with Crippen molar-refractivity contribution in [3.63, 3.8) is 0 Å². The van der Waals surface area contributed by atoms with E-state index in [1.807, 2.05) is 4.99 Å². The molecular weight excluding hydrogens is 232 g/mol. The zero-order valence-electron chi connectivity index (χ0n) is 5.12. The standard InChI is InChI=1S/C6H10Br2/c1-6(2,8)4-3-5-7/h3,5H,4H2,1-2H3. The summed E-state index contributed by atoms with van der Waals surface area (Å²) in [5.74, 6) is 0. The lowest BCUT2D eigenvalue weighted by Crippen LogP contribution is -2.05. The lowest BCUT2D eigenvalue weighted by atomic mass is 10.1. The van der Waals surface area contributed by atoms with Crippen LogP contribution in [0.1, 0.15) is 20.3 Å². The van der Waals surface area contributed by atoms with E-state index < -0.39 is 0 Å². The molecule has 0 aromatic rings. The van der Waals surface area contributed by atoms with Gasteiger partial charge in [-0.2, -0.15) is 0 Å². The molecule has 0 nitrogen and oxygen atoms in total. The van der Waals surface area contributed by atoms with E-state index in [-0.39, 0.29) is 4.32 Å². The van der Waals surface area contributed by atoms with Crippen LogP contribution in [0, 0.1) is 0 Å². The molecule has 48 valence electrons. The fraction of sp³-hybridized carbons (Fsp3) is 0.667. The van der Waals surface area contributed by atoms with Crippen LogP contribution in [0.4, 0.5) is 0 Å². The summed E-state index contributed by atoms with van der Waals surface area (Å²) in [4.78, 5) is 1.88. The van der Waals surface area contributed by atoms with Crippen molar-refractivity contribution < 1.29 is 0 Å². The molecule has 0 aliphatic heterocycles. The van der Waals surface area contributed by atoms with E-state index in [9.17, 15) is 0 Å². The van der Waals surface area contributed by atoms with Gasteiger partial charge in [0.05, 0.1) is 0 Å². The minimum absolute atomic E-state index is 0.247. The number of halogens is 2. The Morgan fingerprint density at radius 1 is 1.50 bits per heavy atom. The summed E-state index contributed by atoms with van der Waals surface area (Å²) in [5, 5.41) is 0. The molecule has 0 aliphatic carbocycles. The Kier molecular flexibility index (Phi) is 4.00. The van der Waals surface area contributed by atoms with Crippen LogP contribution in [-0.4, -0.2) is 4.32 Å². The fourth-order valence-electron chi connectivity index (χ4n) is 0.325. The van der Waals surface area contributed by atoms with Crippen LogP contribution in [0.2, 0.25) is 0 Å². The summed E-state index contributed by atoms with van der Waals surface area (Å²) in [5.41, 5.74) is 0. The first-order valence-corrected chi connectivity index (χ1v) is 4.21. The van der Waals surface area contributed by atoms with Gasteiger partial charge in [-0.3, -0.25) is 0 Å². The molecule has 0 spiro atoms. The Morgan fingerprint density at radius 3 is 2.12 bits per heavy atom. The molecule has 8 heavy (non-hydrogen) atoms. The predicted octanol–water partition coefficient (Wildman–Crippen LogP) is 3.46. The Hall–Kier alpha value is 0.700. The van der Waals surface area contributed by atoms with Gasteiger partial charge < -0.3 is 0 Å². The largest absolute Gasteiger partial charge is 0.0856 e. The molecular formula is C6H10Br2. The average molecular weight is 242 g/mol. The first-order chi connectivity index (χ1) is 3.56. The molecule has 0 fully saturated rings. The average Bonchev–Trinajstić information content (AvgIpc) is 1.59. The first kappa shape index (κ1) is 8.70. The summed E-state index contributed by atoms with van der Waals surface area (Å²) in [6, 6.07) is 0.